The first-order valence-electron chi connectivity index (χ1n) is 7.49. The molecular formula is C15H23ClN2O3S. The van der Waals surface area contributed by atoms with E-state index in [0.717, 1.165) is 12.8 Å². The van der Waals surface area contributed by atoms with Crippen molar-refractivity contribution in [3.8, 4) is 0 Å². The van der Waals surface area contributed by atoms with Gasteiger partial charge in [-0.2, -0.15) is 0 Å². The maximum atomic E-state index is 12.2. The van der Waals surface area contributed by atoms with Crippen LogP contribution in [0.4, 0.5) is 0 Å². The fourth-order valence-electron chi connectivity index (χ4n) is 2.86. The van der Waals surface area contributed by atoms with Crippen LogP contribution in [-0.4, -0.2) is 49.7 Å². The van der Waals surface area contributed by atoms with E-state index in [1.165, 1.54) is 12.1 Å². The average Bonchev–Trinajstić information content (AvgIpc) is 2.77. The minimum Gasteiger partial charge on any atom is -0.390 e. The first-order chi connectivity index (χ1) is 10.3. The number of β-amino-alcohol motifs (C(OH)–C–C–N with tert-alkyl or cyclic N) is 1. The summed E-state index contributed by atoms with van der Waals surface area (Å²) in [7, 11) is -3.71. The van der Waals surface area contributed by atoms with Crippen molar-refractivity contribution in [2.24, 2.45) is 0 Å². The van der Waals surface area contributed by atoms with E-state index in [1.54, 1.807) is 12.1 Å². The molecule has 1 aromatic carbocycles. The predicted molar refractivity (Wildman–Crippen MR) is 87.5 cm³/mol. The number of aliphatic hydroxyl groups is 1. The topological polar surface area (TPSA) is 69.6 Å². The van der Waals surface area contributed by atoms with Gasteiger partial charge in [-0.25, -0.2) is 13.1 Å². The molecule has 1 fully saturated rings. The van der Waals surface area contributed by atoms with Gasteiger partial charge in [-0.3, -0.25) is 4.90 Å². The molecule has 0 radical (unpaired) electrons. The van der Waals surface area contributed by atoms with Gasteiger partial charge in [0.15, 0.2) is 0 Å². The predicted octanol–water partition coefficient (Wildman–Crippen LogP) is 1.85. The summed E-state index contributed by atoms with van der Waals surface area (Å²) in [4.78, 5) is 2.25. The summed E-state index contributed by atoms with van der Waals surface area (Å²) in [6.07, 6.45) is 1.47. The Bertz CT molecular complexity index is 599. The van der Waals surface area contributed by atoms with Gasteiger partial charge in [-0.05, 0) is 38.8 Å². The van der Waals surface area contributed by atoms with Crippen molar-refractivity contribution in [1.29, 1.82) is 0 Å². The molecule has 0 spiro atoms. The summed E-state index contributed by atoms with van der Waals surface area (Å²) in [6.45, 7) is 4.70. The van der Waals surface area contributed by atoms with Crippen molar-refractivity contribution >= 4 is 21.6 Å². The lowest BCUT2D eigenvalue weighted by atomic mass is 10.2. The van der Waals surface area contributed by atoms with Crippen LogP contribution >= 0.6 is 11.6 Å². The molecule has 5 nitrogen and oxygen atoms in total. The Morgan fingerprint density at radius 2 is 1.91 bits per heavy atom. The highest BCUT2D eigenvalue weighted by Crippen LogP contribution is 2.23. The van der Waals surface area contributed by atoms with Crippen LogP contribution < -0.4 is 4.72 Å². The van der Waals surface area contributed by atoms with E-state index in [-0.39, 0.29) is 16.5 Å². The Hall–Kier alpha value is -0.660. The number of hydrogen-bond acceptors (Lipinski definition) is 4. The highest BCUT2D eigenvalue weighted by atomic mass is 35.5. The molecule has 22 heavy (non-hydrogen) atoms. The molecule has 2 N–H and O–H groups in total. The summed E-state index contributed by atoms with van der Waals surface area (Å²) in [6, 6.07) is 7.10. The van der Waals surface area contributed by atoms with Gasteiger partial charge >= 0.3 is 0 Å². The lowest BCUT2D eigenvalue weighted by Gasteiger charge is -2.28. The van der Waals surface area contributed by atoms with Gasteiger partial charge in [-0.15, -0.1) is 0 Å². The molecule has 1 aliphatic rings. The zero-order chi connectivity index (χ0) is 16.3. The van der Waals surface area contributed by atoms with Crippen LogP contribution in [0.5, 0.6) is 0 Å². The van der Waals surface area contributed by atoms with Crippen LogP contribution in [0, 0.1) is 0 Å². The fourth-order valence-corrected chi connectivity index (χ4v) is 4.45. The minimum atomic E-state index is -3.71. The molecule has 1 heterocycles. The monoisotopic (exact) mass is 346 g/mol. The molecule has 0 saturated carbocycles. The SMILES string of the molecule is CC1CCC(C)N1C[C@@H](O)CNS(=O)(=O)c1ccccc1Cl. The van der Waals surface area contributed by atoms with Crippen LogP contribution in [0.1, 0.15) is 26.7 Å². The standard InChI is InChI=1S/C15H23ClN2O3S/c1-11-7-8-12(2)18(11)10-13(19)9-17-22(20,21)15-6-4-3-5-14(15)16/h3-6,11-13,17,19H,7-10H2,1-2H3/t11?,12?,13-/m0/s1. The number of hydrogen-bond donors (Lipinski definition) is 2. The molecule has 0 aliphatic carbocycles. The maximum Gasteiger partial charge on any atom is 0.242 e. The summed E-state index contributed by atoms with van der Waals surface area (Å²) in [5, 5.41) is 10.3. The van der Waals surface area contributed by atoms with Gasteiger partial charge in [0.1, 0.15) is 4.90 Å². The molecule has 3 atom stereocenters. The van der Waals surface area contributed by atoms with Crippen molar-refractivity contribution in [1.82, 2.24) is 9.62 Å². The smallest absolute Gasteiger partial charge is 0.242 e. The second-order valence-corrected chi connectivity index (χ2v) is 8.05. The number of nitrogens with one attached hydrogen (secondary N) is 1. The van der Waals surface area contributed by atoms with Gasteiger partial charge < -0.3 is 5.11 Å². The Labute approximate surface area is 137 Å². The van der Waals surface area contributed by atoms with Crippen molar-refractivity contribution in [2.45, 2.75) is 49.8 Å². The van der Waals surface area contributed by atoms with E-state index in [1.807, 2.05) is 0 Å². The third-order valence-corrected chi connectivity index (χ3v) is 6.11. The Balaban J connectivity index is 1.93. The molecule has 1 aromatic rings. The van der Waals surface area contributed by atoms with Crippen LogP contribution in [0.3, 0.4) is 0 Å². The number of nitrogens with zero attached hydrogens (tertiary/aromatic N) is 1. The molecule has 0 aromatic heterocycles. The molecular weight excluding hydrogens is 324 g/mol. The van der Waals surface area contributed by atoms with Crippen molar-refractivity contribution in [2.75, 3.05) is 13.1 Å². The minimum absolute atomic E-state index is 0.0243. The Morgan fingerprint density at radius 1 is 1.32 bits per heavy atom. The molecule has 7 heteroatoms. The van der Waals surface area contributed by atoms with Gasteiger partial charge in [0.05, 0.1) is 11.1 Å². The van der Waals surface area contributed by atoms with E-state index in [2.05, 4.69) is 23.5 Å². The summed E-state index contributed by atoms with van der Waals surface area (Å²) >= 11 is 5.91. The van der Waals surface area contributed by atoms with Crippen LogP contribution in [0.25, 0.3) is 0 Å². The van der Waals surface area contributed by atoms with E-state index in [4.69, 9.17) is 11.6 Å². The third kappa shape index (κ3) is 4.20. The largest absolute Gasteiger partial charge is 0.390 e. The third-order valence-electron chi connectivity index (χ3n) is 4.19. The highest BCUT2D eigenvalue weighted by molar-refractivity contribution is 7.89. The first kappa shape index (κ1) is 17.7. The van der Waals surface area contributed by atoms with Crippen LogP contribution in [0.15, 0.2) is 29.2 Å². The highest BCUT2D eigenvalue weighted by Gasteiger charge is 2.29. The number of benzene rings is 1. The van der Waals surface area contributed by atoms with E-state index in [9.17, 15) is 13.5 Å². The lowest BCUT2D eigenvalue weighted by Crippen LogP contribution is -2.43. The van der Waals surface area contributed by atoms with Gasteiger partial charge in [0.25, 0.3) is 0 Å². The summed E-state index contributed by atoms with van der Waals surface area (Å²) in [5.41, 5.74) is 0. The molecule has 2 rings (SSSR count). The van der Waals surface area contributed by atoms with Crippen molar-refractivity contribution in [3.63, 3.8) is 0 Å². The Morgan fingerprint density at radius 3 is 2.50 bits per heavy atom. The molecule has 0 amide bonds. The fraction of sp³-hybridized carbons (Fsp3) is 0.600. The molecule has 1 aliphatic heterocycles. The molecule has 0 bridgehead atoms. The number of halogens is 1. The number of likely N-dealkylation sites (tertiary alicyclic amines) is 1. The zero-order valence-electron chi connectivity index (χ0n) is 12.9. The second kappa shape index (κ2) is 7.27. The maximum absolute atomic E-state index is 12.2. The zero-order valence-corrected chi connectivity index (χ0v) is 14.4. The Kier molecular flexibility index (Phi) is 5.85. The molecule has 124 valence electrons. The van der Waals surface area contributed by atoms with E-state index < -0.39 is 16.1 Å². The van der Waals surface area contributed by atoms with Crippen molar-refractivity contribution < 1.29 is 13.5 Å². The number of aliphatic hydroxyl groups excluding tert-OH is 1. The van der Waals surface area contributed by atoms with Crippen molar-refractivity contribution in [3.05, 3.63) is 29.3 Å². The van der Waals surface area contributed by atoms with Crippen LogP contribution in [-0.2, 0) is 10.0 Å². The summed E-state index contributed by atoms with van der Waals surface area (Å²) in [5.74, 6) is 0. The van der Waals surface area contributed by atoms with Crippen LogP contribution in [0.2, 0.25) is 5.02 Å². The first-order valence-corrected chi connectivity index (χ1v) is 9.35. The lowest BCUT2D eigenvalue weighted by molar-refractivity contribution is 0.0941. The molecule has 1 saturated heterocycles. The van der Waals surface area contributed by atoms with E-state index >= 15 is 0 Å². The average molecular weight is 347 g/mol. The van der Waals surface area contributed by atoms with E-state index in [0.29, 0.717) is 18.6 Å². The number of rotatable bonds is 6. The second-order valence-electron chi connectivity index (χ2n) is 5.91. The van der Waals surface area contributed by atoms with Gasteiger partial charge in [-0.1, -0.05) is 23.7 Å². The van der Waals surface area contributed by atoms with Gasteiger partial charge in [0, 0.05) is 25.2 Å². The molecule has 2 unspecified atom stereocenters. The van der Waals surface area contributed by atoms with Gasteiger partial charge in [0.2, 0.25) is 10.0 Å². The quantitative estimate of drug-likeness (QED) is 0.824. The summed E-state index contributed by atoms with van der Waals surface area (Å²) < 4.78 is 26.8. The normalized spacial score (nSPS) is 24.5. The number of sulfonamides is 1.